The van der Waals surface area contributed by atoms with Gasteiger partial charge in [-0.1, -0.05) is 91.0 Å². The Bertz CT molecular complexity index is 1770. The van der Waals surface area contributed by atoms with Crippen LogP contribution in [0.5, 0.6) is 0 Å². The van der Waals surface area contributed by atoms with E-state index in [4.69, 9.17) is 0 Å². The quantitative estimate of drug-likeness (QED) is 0.311. The summed E-state index contributed by atoms with van der Waals surface area (Å²) in [4.78, 5) is 0. The molecule has 2 heterocycles. The van der Waals surface area contributed by atoms with Crippen molar-refractivity contribution in [2.24, 2.45) is 11.8 Å². The van der Waals surface area contributed by atoms with Gasteiger partial charge < -0.3 is 4.57 Å². The molecule has 1 nitrogen and oxygen atoms in total. The lowest BCUT2D eigenvalue weighted by Gasteiger charge is -2.41. The van der Waals surface area contributed by atoms with E-state index >= 15 is 0 Å². The second kappa shape index (κ2) is 5.38. The van der Waals surface area contributed by atoms with E-state index in [1.165, 1.54) is 61.4 Å². The van der Waals surface area contributed by atoms with Gasteiger partial charge in [0.2, 0.25) is 0 Å². The fraction of sp³-hybridized carbons (Fsp3) is 0.125. The summed E-state index contributed by atoms with van der Waals surface area (Å²) >= 11 is 0. The number of fused-ring (bicyclic) bond motifs is 14. The molecule has 0 amide bonds. The molecule has 9 rings (SSSR count). The van der Waals surface area contributed by atoms with Crippen LogP contribution in [0.2, 0.25) is 0 Å². The molecule has 5 aromatic rings. The lowest BCUT2D eigenvalue weighted by Crippen LogP contribution is -2.47. The van der Waals surface area contributed by atoms with Crippen molar-refractivity contribution < 1.29 is 0 Å². The fourth-order valence-electron chi connectivity index (χ4n) is 7.47. The normalized spacial score (nSPS) is 21.6. The summed E-state index contributed by atoms with van der Waals surface area (Å²) in [6.07, 6.45) is 3.85. The van der Waals surface area contributed by atoms with Gasteiger partial charge in [-0.25, -0.2) is 0 Å². The van der Waals surface area contributed by atoms with Gasteiger partial charge in [0, 0.05) is 10.6 Å². The zero-order valence-electron chi connectivity index (χ0n) is 18.1. The topological polar surface area (TPSA) is 4.93 Å². The van der Waals surface area contributed by atoms with E-state index in [0.717, 1.165) is 0 Å². The Kier molecular flexibility index (Phi) is 2.73. The molecule has 3 aliphatic carbocycles. The molecule has 0 radical (unpaired) electrons. The molecule has 4 aromatic carbocycles. The molecule has 33 heavy (non-hydrogen) atoms. The Morgan fingerprint density at radius 1 is 0.667 bits per heavy atom. The zero-order chi connectivity index (χ0) is 21.3. The first kappa shape index (κ1) is 16.7. The van der Waals surface area contributed by atoms with E-state index in [1.807, 2.05) is 0 Å². The van der Waals surface area contributed by atoms with Crippen LogP contribution in [-0.4, -0.2) is 4.57 Å². The monoisotopic (exact) mass is 419 g/mol. The number of aromatic nitrogens is 1. The van der Waals surface area contributed by atoms with Crippen molar-refractivity contribution in [3.8, 4) is 16.8 Å². The molecule has 1 fully saturated rings. The van der Waals surface area contributed by atoms with Crippen molar-refractivity contribution in [1.29, 1.82) is 0 Å². The van der Waals surface area contributed by atoms with Gasteiger partial charge in [0.05, 0.1) is 22.0 Å². The molecule has 1 heteroatoms. The van der Waals surface area contributed by atoms with E-state index in [1.54, 1.807) is 5.57 Å². The average molecular weight is 420 g/mol. The van der Waals surface area contributed by atoms with E-state index in [-0.39, 0.29) is 5.41 Å². The molecule has 154 valence electrons. The van der Waals surface area contributed by atoms with Gasteiger partial charge >= 0.3 is 0 Å². The van der Waals surface area contributed by atoms with Crippen molar-refractivity contribution in [1.82, 2.24) is 4.57 Å². The predicted molar refractivity (Wildman–Crippen MR) is 134 cm³/mol. The number of benzene rings is 4. The summed E-state index contributed by atoms with van der Waals surface area (Å²) in [6.45, 7) is 0. The van der Waals surface area contributed by atoms with Crippen LogP contribution >= 0.6 is 0 Å². The van der Waals surface area contributed by atoms with Crippen LogP contribution < -0.4 is 10.6 Å². The summed E-state index contributed by atoms with van der Waals surface area (Å²) in [6, 6.07) is 36.5. The van der Waals surface area contributed by atoms with Crippen LogP contribution in [0.15, 0.2) is 97.1 Å². The highest BCUT2D eigenvalue weighted by Gasteiger charge is 2.57. The third-order valence-electron chi connectivity index (χ3n) is 8.67. The third-order valence-corrected chi connectivity index (χ3v) is 8.67. The Labute approximate surface area is 191 Å². The average Bonchev–Trinajstić information content (AvgIpc) is 3.51. The highest BCUT2D eigenvalue weighted by Crippen LogP contribution is 2.64. The van der Waals surface area contributed by atoms with Gasteiger partial charge in [0.1, 0.15) is 0 Å². The molecule has 0 N–H and O–H groups in total. The molecule has 1 aliphatic heterocycles. The van der Waals surface area contributed by atoms with Gasteiger partial charge in [-0.3, -0.25) is 0 Å². The number of hydrogen-bond donors (Lipinski definition) is 0. The molecule has 4 aliphatic rings. The highest BCUT2D eigenvalue weighted by molar-refractivity contribution is 5.98. The minimum Gasteiger partial charge on any atom is -0.309 e. The molecular weight excluding hydrogens is 398 g/mol. The van der Waals surface area contributed by atoms with Crippen molar-refractivity contribution in [3.05, 3.63) is 124 Å². The first-order chi connectivity index (χ1) is 16.4. The molecule has 2 atom stereocenters. The second-order valence-electron chi connectivity index (χ2n) is 10.1. The number of rotatable bonds is 0. The molecule has 1 spiro atoms. The molecule has 2 unspecified atom stereocenters. The van der Waals surface area contributed by atoms with Gasteiger partial charge in [-0.15, -0.1) is 0 Å². The van der Waals surface area contributed by atoms with Gasteiger partial charge in [0.15, 0.2) is 0 Å². The lowest BCUT2D eigenvalue weighted by molar-refractivity contribution is 0.719. The number of hydrogen-bond acceptors (Lipinski definition) is 0. The maximum atomic E-state index is 2.58. The van der Waals surface area contributed by atoms with Crippen molar-refractivity contribution in [3.63, 3.8) is 0 Å². The van der Waals surface area contributed by atoms with Gasteiger partial charge in [-0.2, -0.15) is 0 Å². The summed E-state index contributed by atoms with van der Waals surface area (Å²) in [5.41, 5.74) is 11.2. The van der Waals surface area contributed by atoms with Crippen LogP contribution in [0, 0.1) is 11.8 Å². The second-order valence-corrected chi connectivity index (χ2v) is 10.1. The molecule has 1 saturated carbocycles. The van der Waals surface area contributed by atoms with Crippen LogP contribution in [0.1, 0.15) is 23.1 Å². The largest absolute Gasteiger partial charge is 0.309 e. The molecule has 0 saturated heterocycles. The van der Waals surface area contributed by atoms with Gasteiger partial charge in [-0.05, 0) is 63.8 Å². The minimum atomic E-state index is -0.212. The standard InChI is InChI=1S/C32H21N/c1-4-12-25-20(9-1)21-10-2-5-13-26(21)32(25)27-14-6-8-16-29(27)33-28-15-7-3-11-22(28)24-18-19-17-23(19)30(32)31(24)33/h1-16,18-19,23H,17H2. The summed E-state index contributed by atoms with van der Waals surface area (Å²) in [5, 5.41) is 4.30. The molecular formula is C32H21N. The fourth-order valence-corrected chi connectivity index (χ4v) is 7.47. The van der Waals surface area contributed by atoms with Crippen LogP contribution in [0.3, 0.4) is 0 Å². The van der Waals surface area contributed by atoms with Crippen molar-refractivity contribution >= 4 is 22.6 Å². The van der Waals surface area contributed by atoms with E-state index in [9.17, 15) is 0 Å². The lowest BCUT2D eigenvalue weighted by atomic mass is 9.63. The Balaban J connectivity index is 1.63. The zero-order valence-corrected chi connectivity index (χ0v) is 18.1. The van der Waals surface area contributed by atoms with Crippen molar-refractivity contribution in [2.45, 2.75) is 11.8 Å². The Hall–Kier alpha value is -3.84. The highest BCUT2D eigenvalue weighted by atomic mass is 15.0. The molecule has 1 aromatic heterocycles. The van der Waals surface area contributed by atoms with E-state index in [0.29, 0.717) is 11.8 Å². The molecule has 0 bridgehead atoms. The maximum absolute atomic E-state index is 2.58. The third kappa shape index (κ3) is 1.71. The first-order valence-electron chi connectivity index (χ1n) is 12.0. The van der Waals surface area contributed by atoms with E-state index in [2.05, 4.69) is 108 Å². The Morgan fingerprint density at radius 2 is 1.30 bits per heavy atom. The SMILES string of the molecule is C1=c2c3n(c4ccccc24)-c2ccccc2C2(C=3C3CC13)c1ccccc1-c1ccccc12. The van der Waals surface area contributed by atoms with Crippen LogP contribution in [0.25, 0.3) is 39.4 Å². The minimum absolute atomic E-state index is 0.212. The van der Waals surface area contributed by atoms with Gasteiger partial charge in [0.25, 0.3) is 0 Å². The number of para-hydroxylation sites is 2. The van der Waals surface area contributed by atoms with Crippen molar-refractivity contribution in [2.75, 3.05) is 0 Å². The van der Waals surface area contributed by atoms with Crippen LogP contribution in [-0.2, 0) is 5.41 Å². The summed E-state index contributed by atoms with van der Waals surface area (Å²) in [5.74, 6) is 1.28. The van der Waals surface area contributed by atoms with Crippen LogP contribution in [0.4, 0.5) is 0 Å². The maximum Gasteiger partial charge on any atom is 0.0720 e. The first-order valence-corrected chi connectivity index (χ1v) is 12.0. The summed E-state index contributed by atoms with van der Waals surface area (Å²) < 4.78 is 2.58. The predicted octanol–water partition coefficient (Wildman–Crippen LogP) is 5.54. The summed E-state index contributed by atoms with van der Waals surface area (Å²) in [7, 11) is 0. The number of nitrogens with zero attached hydrogens (tertiary/aromatic N) is 1. The van der Waals surface area contributed by atoms with E-state index < -0.39 is 0 Å². The smallest absolute Gasteiger partial charge is 0.0720 e. The Morgan fingerprint density at radius 3 is 2.09 bits per heavy atom.